The van der Waals surface area contributed by atoms with E-state index in [1.807, 2.05) is 0 Å². The van der Waals surface area contributed by atoms with Gasteiger partial charge in [-0.3, -0.25) is 0 Å². The first-order valence-corrected chi connectivity index (χ1v) is 5.27. The van der Waals surface area contributed by atoms with Crippen LogP contribution in [-0.4, -0.2) is 24.1 Å². The zero-order chi connectivity index (χ0) is 9.10. The normalized spacial score (nSPS) is 18.8. The Morgan fingerprint density at radius 1 is 1.54 bits per heavy atom. The smallest absolute Gasteiger partial charge is 0.185 e. The number of piperidine rings is 1. The molecule has 2 rings (SSSR count). The van der Waals surface area contributed by atoms with E-state index in [4.69, 9.17) is 5.73 Å². The number of hydrogen-bond donors (Lipinski definition) is 3. The maximum Gasteiger partial charge on any atom is 0.185 e. The predicted octanol–water partition coefficient (Wildman–Crippen LogP) is 0.689. The molecule has 1 radical (unpaired) electrons. The van der Waals surface area contributed by atoms with Crippen LogP contribution in [0.3, 0.4) is 0 Å². The van der Waals surface area contributed by atoms with E-state index in [1.165, 1.54) is 11.3 Å². The van der Waals surface area contributed by atoms with Gasteiger partial charge in [0.25, 0.3) is 0 Å². The molecule has 71 valence electrons. The number of nitrogens with two attached hydrogens (primary N) is 1. The number of rotatable bonds is 2. The Bertz CT molecular complexity index is 267. The van der Waals surface area contributed by atoms with Crippen molar-refractivity contribution in [2.24, 2.45) is 0 Å². The van der Waals surface area contributed by atoms with E-state index in [0.717, 1.165) is 31.1 Å². The largest absolute Gasteiger partial charge is 0.382 e. The third-order valence-electron chi connectivity index (χ3n) is 2.14. The second kappa shape index (κ2) is 3.93. The van der Waals surface area contributed by atoms with Gasteiger partial charge in [0.1, 0.15) is 5.82 Å². The number of thiazole rings is 1. The number of nitrogens with zero attached hydrogens (tertiary/aromatic N) is 1. The number of nitrogens with one attached hydrogen (secondary N) is 2. The molecule has 0 bridgehead atoms. The van der Waals surface area contributed by atoms with Gasteiger partial charge in [0.2, 0.25) is 0 Å². The maximum absolute atomic E-state index is 5.48. The fourth-order valence-electron chi connectivity index (χ4n) is 1.46. The highest BCUT2D eigenvalue weighted by atomic mass is 32.1. The van der Waals surface area contributed by atoms with Crippen molar-refractivity contribution in [2.45, 2.75) is 18.9 Å². The molecule has 0 aromatic carbocycles. The average molecular weight is 197 g/mol. The zero-order valence-corrected chi connectivity index (χ0v) is 8.16. The summed E-state index contributed by atoms with van der Waals surface area (Å²) >= 11 is 1.45. The first kappa shape index (κ1) is 8.77. The van der Waals surface area contributed by atoms with Gasteiger partial charge in [0, 0.05) is 6.04 Å². The van der Waals surface area contributed by atoms with Crippen LogP contribution < -0.4 is 16.4 Å². The Labute approximate surface area is 81.5 Å². The molecule has 1 fully saturated rings. The van der Waals surface area contributed by atoms with Crippen molar-refractivity contribution in [3.8, 4) is 0 Å². The van der Waals surface area contributed by atoms with Crippen molar-refractivity contribution in [3.63, 3.8) is 0 Å². The molecule has 2 heterocycles. The van der Waals surface area contributed by atoms with Crippen LogP contribution in [0.1, 0.15) is 12.8 Å². The minimum absolute atomic E-state index is 0.487. The van der Waals surface area contributed by atoms with Crippen molar-refractivity contribution < 1.29 is 0 Å². The van der Waals surface area contributed by atoms with E-state index in [2.05, 4.69) is 21.0 Å². The van der Waals surface area contributed by atoms with E-state index >= 15 is 0 Å². The average Bonchev–Trinajstić information content (AvgIpc) is 2.53. The molecule has 0 amide bonds. The van der Waals surface area contributed by atoms with E-state index in [0.29, 0.717) is 11.9 Å². The van der Waals surface area contributed by atoms with Crippen LogP contribution >= 0.6 is 11.3 Å². The molecular formula is C8H13N4S. The SMILES string of the molecule is Nc1[c]sc(NC2CCNCC2)n1. The zero-order valence-electron chi connectivity index (χ0n) is 7.34. The van der Waals surface area contributed by atoms with Gasteiger partial charge in [-0.05, 0) is 25.9 Å². The molecule has 13 heavy (non-hydrogen) atoms. The Hall–Kier alpha value is -0.810. The lowest BCUT2D eigenvalue weighted by Crippen LogP contribution is -2.35. The summed E-state index contributed by atoms with van der Waals surface area (Å²) in [6.45, 7) is 2.17. The van der Waals surface area contributed by atoms with Gasteiger partial charge >= 0.3 is 0 Å². The summed E-state index contributed by atoms with van der Waals surface area (Å²) < 4.78 is 0. The number of aromatic nitrogens is 1. The van der Waals surface area contributed by atoms with Gasteiger partial charge < -0.3 is 16.4 Å². The van der Waals surface area contributed by atoms with Crippen LogP contribution in [0.5, 0.6) is 0 Å². The van der Waals surface area contributed by atoms with E-state index in [9.17, 15) is 0 Å². The second-order valence-corrected chi connectivity index (χ2v) is 3.97. The minimum Gasteiger partial charge on any atom is -0.382 e. The highest BCUT2D eigenvalue weighted by Crippen LogP contribution is 2.18. The monoisotopic (exact) mass is 197 g/mol. The molecule has 1 aromatic heterocycles. The van der Waals surface area contributed by atoms with Crippen LogP contribution in [-0.2, 0) is 0 Å². The molecule has 5 heteroatoms. The maximum atomic E-state index is 5.48. The summed E-state index contributed by atoms with van der Waals surface area (Å²) in [5.74, 6) is 0.487. The fraction of sp³-hybridized carbons (Fsp3) is 0.625. The van der Waals surface area contributed by atoms with Crippen molar-refractivity contribution in [2.75, 3.05) is 24.1 Å². The highest BCUT2D eigenvalue weighted by molar-refractivity contribution is 7.13. The molecule has 0 unspecified atom stereocenters. The van der Waals surface area contributed by atoms with Crippen molar-refractivity contribution in [3.05, 3.63) is 5.38 Å². The first-order valence-electron chi connectivity index (χ1n) is 4.46. The quantitative estimate of drug-likeness (QED) is 0.652. The predicted molar refractivity (Wildman–Crippen MR) is 54.9 cm³/mol. The molecule has 1 aliphatic heterocycles. The van der Waals surface area contributed by atoms with E-state index in [1.54, 1.807) is 0 Å². The second-order valence-electron chi connectivity index (χ2n) is 3.17. The van der Waals surface area contributed by atoms with Gasteiger partial charge in [0.05, 0.1) is 5.38 Å². The lowest BCUT2D eigenvalue weighted by molar-refractivity contribution is 0.479. The Morgan fingerprint density at radius 3 is 2.92 bits per heavy atom. The summed E-state index contributed by atoms with van der Waals surface area (Å²) in [5.41, 5.74) is 5.48. The fourth-order valence-corrected chi connectivity index (χ4v) is 2.07. The molecule has 1 aliphatic rings. The Morgan fingerprint density at radius 2 is 2.31 bits per heavy atom. The van der Waals surface area contributed by atoms with Crippen molar-refractivity contribution >= 4 is 22.3 Å². The summed E-state index contributed by atoms with van der Waals surface area (Å²) in [6.07, 6.45) is 2.30. The molecule has 0 atom stereocenters. The minimum atomic E-state index is 0.487. The lowest BCUT2D eigenvalue weighted by atomic mass is 10.1. The summed E-state index contributed by atoms with van der Waals surface area (Å²) in [6, 6.07) is 0.542. The topological polar surface area (TPSA) is 63.0 Å². The summed E-state index contributed by atoms with van der Waals surface area (Å²) in [5, 5.41) is 10.5. The van der Waals surface area contributed by atoms with Crippen molar-refractivity contribution in [1.29, 1.82) is 0 Å². The van der Waals surface area contributed by atoms with Gasteiger partial charge in [-0.25, -0.2) is 4.98 Å². The third-order valence-corrected chi connectivity index (χ3v) is 2.85. The van der Waals surface area contributed by atoms with Crippen LogP contribution in [0.15, 0.2) is 0 Å². The number of nitrogen functional groups attached to an aromatic ring is 1. The molecule has 0 saturated carbocycles. The standard InChI is InChI=1S/C8H13N4S/c9-7-5-13-8(12-7)11-6-1-3-10-4-2-6/h6,10H,1-4,9H2,(H,11,12). The van der Waals surface area contributed by atoms with Crippen LogP contribution in [0.25, 0.3) is 0 Å². The summed E-state index contributed by atoms with van der Waals surface area (Å²) in [4.78, 5) is 4.11. The molecule has 4 nitrogen and oxygen atoms in total. The molecule has 4 N–H and O–H groups in total. The molecule has 0 spiro atoms. The van der Waals surface area contributed by atoms with Gasteiger partial charge in [-0.15, -0.1) is 0 Å². The van der Waals surface area contributed by atoms with E-state index in [-0.39, 0.29) is 0 Å². The number of hydrogen-bond acceptors (Lipinski definition) is 5. The number of anilines is 2. The Balaban J connectivity index is 1.89. The van der Waals surface area contributed by atoms with Gasteiger partial charge in [-0.1, -0.05) is 11.3 Å². The molecule has 0 aliphatic carbocycles. The van der Waals surface area contributed by atoms with Gasteiger partial charge in [-0.2, -0.15) is 0 Å². The molecule has 1 aromatic rings. The van der Waals surface area contributed by atoms with Crippen LogP contribution in [0.2, 0.25) is 0 Å². The van der Waals surface area contributed by atoms with Crippen molar-refractivity contribution in [1.82, 2.24) is 10.3 Å². The van der Waals surface area contributed by atoms with Gasteiger partial charge in [0.15, 0.2) is 5.13 Å². The third kappa shape index (κ3) is 2.32. The van der Waals surface area contributed by atoms with E-state index < -0.39 is 0 Å². The highest BCUT2D eigenvalue weighted by Gasteiger charge is 2.13. The Kier molecular flexibility index (Phi) is 2.65. The lowest BCUT2D eigenvalue weighted by Gasteiger charge is -2.23. The summed E-state index contributed by atoms with van der Waals surface area (Å²) in [7, 11) is 0. The molecular weight excluding hydrogens is 184 g/mol. The molecule has 1 saturated heterocycles. The van der Waals surface area contributed by atoms with Crippen LogP contribution in [0.4, 0.5) is 10.9 Å². The first-order chi connectivity index (χ1) is 6.34. The van der Waals surface area contributed by atoms with Crippen LogP contribution in [0, 0.1) is 5.38 Å².